The van der Waals surface area contributed by atoms with Crippen molar-refractivity contribution < 1.29 is 19.7 Å². The zero-order valence-electron chi connectivity index (χ0n) is 10.1. The van der Waals surface area contributed by atoms with E-state index in [4.69, 9.17) is 9.84 Å². The molecule has 0 saturated heterocycles. The van der Waals surface area contributed by atoms with Crippen LogP contribution < -0.4 is 4.74 Å². The molecular weight excluding hydrogens is 486 g/mol. The number of phenols is 1. The second-order valence-electron chi connectivity index (χ2n) is 4.06. The Labute approximate surface area is 143 Å². The molecule has 2 N–H and O–H groups in total. The summed E-state index contributed by atoms with van der Waals surface area (Å²) in [5, 5.41) is 18.1. The molecule has 0 heterocycles. The molecule has 0 atom stereocenters. The smallest absolute Gasteiger partial charge is 0.307 e. The van der Waals surface area contributed by atoms with Crippen LogP contribution in [0.15, 0.2) is 36.4 Å². The van der Waals surface area contributed by atoms with Crippen molar-refractivity contribution in [2.45, 2.75) is 6.42 Å². The third-order valence-electron chi connectivity index (χ3n) is 2.47. The second-order valence-corrected chi connectivity index (χ2v) is 6.38. The van der Waals surface area contributed by atoms with Gasteiger partial charge in [-0.1, -0.05) is 0 Å². The lowest BCUT2D eigenvalue weighted by atomic mass is 10.1. The second kappa shape index (κ2) is 6.61. The minimum Gasteiger partial charge on any atom is -0.508 e. The first-order valence-corrected chi connectivity index (χ1v) is 7.78. The molecule has 0 aliphatic carbocycles. The molecule has 0 unspecified atom stereocenters. The fourth-order valence-electron chi connectivity index (χ4n) is 1.62. The molecule has 0 aliphatic rings. The maximum Gasteiger partial charge on any atom is 0.307 e. The number of carboxylic acids is 1. The zero-order valence-corrected chi connectivity index (χ0v) is 14.5. The summed E-state index contributed by atoms with van der Waals surface area (Å²) in [6, 6.07) is 10.0. The van der Waals surface area contributed by atoms with Gasteiger partial charge in [-0.25, -0.2) is 0 Å². The van der Waals surface area contributed by atoms with Crippen molar-refractivity contribution >= 4 is 51.2 Å². The van der Waals surface area contributed by atoms with Crippen LogP contribution >= 0.6 is 45.2 Å². The molecule has 0 radical (unpaired) electrons. The minimum atomic E-state index is -0.858. The van der Waals surface area contributed by atoms with Crippen molar-refractivity contribution in [3.05, 3.63) is 49.1 Å². The summed E-state index contributed by atoms with van der Waals surface area (Å²) in [5.41, 5.74) is 0.740. The van der Waals surface area contributed by atoms with Gasteiger partial charge in [0.15, 0.2) is 5.75 Å². The molecule has 0 spiro atoms. The van der Waals surface area contributed by atoms with Gasteiger partial charge in [0.1, 0.15) is 11.5 Å². The van der Waals surface area contributed by atoms with Crippen molar-refractivity contribution in [1.29, 1.82) is 0 Å². The van der Waals surface area contributed by atoms with Crippen molar-refractivity contribution in [3.63, 3.8) is 0 Å². The lowest BCUT2D eigenvalue weighted by Crippen LogP contribution is -2.02. The topological polar surface area (TPSA) is 66.8 Å². The number of rotatable bonds is 4. The number of hydrogen-bond donors (Lipinski definition) is 2. The Balaban J connectivity index is 2.28. The van der Waals surface area contributed by atoms with Crippen LogP contribution in [-0.4, -0.2) is 16.2 Å². The number of phenolic OH excluding ortho intramolecular Hbond substituents is 1. The monoisotopic (exact) mass is 496 g/mol. The predicted molar refractivity (Wildman–Crippen MR) is 91.4 cm³/mol. The quantitative estimate of drug-likeness (QED) is 0.629. The van der Waals surface area contributed by atoms with E-state index in [0.717, 1.165) is 12.7 Å². The highest BCUT2D eigenvalue weighted by Crippen LogP contribution is 2.33. The molecule has 0 amide bonds. The van der Waals surface area contributed by atoms with Crippen molar-refractivity contribution in [2.75, 3.05) is 0 Å². The third-order valence-corrected chi connectivity index (χ3v) is 4.07. The Morgan fingerprint density at radius 3 is 2.15 bits per heavy atom. The van der Waals surface area contributed by atoms with E-state index in [1.54, 1.807) is 36.4 Å². The molecule has 2 aromatic carbocycles. The molecule has 2 aromatic rings. The van der Waals surface area contributed by atoms with Crippen LogP contribution in [0.25, 0.3) is 0 Å². The van der Waals surface area contributed by atoms with Crippen molar-refractivity contribution in [2.24, 2.45) is 0 Å². The highest BCUT2D eigenvalue weighted by atomic mass is 127. The van der Waals surface area contributed by atoms with Crippen LogP contribution in [0.1, 0.15) is 5.56 Å². The van der Waals surface area contributed by atoms with E-state index in [1.165, 1.54) is 0 Å². The van der Waals surface area contributed by atoms with Crippen LogP contribution in [0.5, 0.6) is 17.2 Å². The highest BCUT2D eigenvalue weighted by Gasteiger charge is 2.11. The van der Waals surface area contributed by atoms with E-state index in [2.05, 4.69) is 45.2 Å². The van der Waals surface area contributed by atoms with Crippen molar-refractivity contribution in [1.82, 2.24) is 0 Å². The Morgan fingerprint density at radius 1 is 1.10 bits per heavy atom. The number of halogens is 2. The van der Waals surface area contributed by atoms with Gasteiger partial charge in [-0.2, -0.15) is 0 Å². The van der Waals surface area contributed by atoms with Crippen LogP contribution in [0.4, 0.5) is 0 Å². The van der Waals surface area contributed by atoms with E-state index < -0.39 is 5.97 Å². The average molecular weight is 496 g/mol. The number of benzene rings is 2. The number of ether oxygens (including phenoxy) is 1. The molecule has 0 fully saturated rings. The molecule has 6 heteroatoms. The summed E-state index contributed by atoms with van der Waals surface area (Å²) in [5.74, 6) is 0.623. The minimum absolute atomic E-state index is 0.00844. The Morgan fingerprint density at radius 2 is 1.65 bits per heavy atom. The van der Waals surface area contributed by atoms with Crippen LogP contribution in [0.3, 0.4) is 0 Å². The van der Waals surface area contributed by atoms with E-state index in [-0.39, 0.29) is 12.2 Å². The summed E-state index contributed by atoms with van der Waals surface area (Å²) >= 11 is 4.24. The maximum absolute atomic E-state index is 10.7. The van der Waals surface area contributed by atoms with Gasteiger partial charge < -0.3 is 14.9 Å². The number of carbonyl (C=O) groups is 1. The first kappa shape index (κ1) is 15.4. The summed E-state index contributed by atoms with van der Waals surface area (Å²) in [4.78, 5) is 10.7. The van der Waals surface area contributed by atoms with E-state index >= 15 is 0 Å². The molecule has 104 valence electrons. The molecule has 4 nitrogen and oxygen atoms in total. The first-order valence-electron chi connectivity index (χ1n) is 5.62. The molecule has 0 aromatic heterocycles. The highest BCUT2D eigenvalue weighted by molar-refractivity contribution is 14.1. The largest absolute Gasteiger partial charge is 0.508 e. The average Bonchev–Trinajstić information content (AvgIpc) is 2.35. The van der Waals surface area contributed by atoms with Crippen LogP contribution in [0, 0.1) is 7.14 Å². The predicted octanol–water partition coefficient (Wildman–Crippen LogP) is 4.02. The zero-order chi connectivity index (χ0) is 14.7. The number of aliphatic carboxylic acids is 1. The standard InChI is InChI=1S/C14H10I2O4/c15-11-5-8(7-13(18)19)6-12(16)14(11)20-10-3-1-9(17)2-4-10/h1-6,17H,7H2,(H,18,19). The van der Waals surface area contributed by atoms with E-state index in [0.29, 0.717) is 11.5 Å². The molecule has 0 saturated carbocycles. The summed E-state index contributed by atoms with van der Waals surface area (Å²) in [6.07, 6.45) is -0.00844. The van der Waals surface area contributed by atoms with Gasteiger partial charge in [0.05, 0.1) is 13.6 Å². The molecule has 0 aliphatic heterocycles. The molecule has 0 bridgehead atoms. The van der Waals surface area contributed by atoms with Gasteiger partial charge in [-0.3, -0.25) is 4.79 Å². The summed E-state index contributed by atoms with van der Waals surface area (Å²) in [6.45, 7) is 0. The van der Waals surface area contributed by atoms with Gasteiger partial charge in [-0.05, 0) is 87.1 Å². The van der Waals surface area contributed by atoms with Crippen molar-refractivity contribution in [3.8, 4) is 17.2 Å². The SMILES string of the molecule is O=C(O)Cc1cc(I)c(Oc2ccc(O)cc2)c(I)c1. The van der Waals surface area contributed by atoms with Gasteiger partial charge in [0, 0.05) is 0 Å². The fraction of sp³-hybridized carbons (Fsp3) is 0.0714. The van der Waals surface area contributed by atoms with E-state index in [1.807, 2.05) is 0 Å². The molecule has 2 rings (SSSR count). The van der Waals surface area contributed by atoms with Gasteiger partial charge >= 0.3 is 5.97 Å². The number of hydrogen-bond acceptors (Lipinski definition) is 3. The van der Waals surface area contributed by atoms with Gasteiger partial charge in [-0.15, -0.1) is 0 Å². The maximum atomic E-state index is 10.7. The number of carboxylic acid groups (broad SMARTS) is 1. The summed E-state index contributed by atoms with van der Waals surface area (Å²) in [7, 11) is 0. The normalized spacial score (nSPS) is 10.3. The Kier molecular flexibility index (Phi) is 5.08. The molecular formula is C14H10I2O4. The van der Waals surface area contributed by atoms with Gasteiger partial charge in [0.25, 0.3) is 0 Å². The summed E-state index contributed by atoms with van der Waals surface area (Å²) < 4.78 is 7.47. The van der Waals surface area contributed by atoms with Crippen LogP contribution in [0.2, 0.25) is 0 Å². The van der Waals surface area contributed by atoms with Crippen LogP contribution in [-0.2, 0) is 11.2 Å². The Bertz CT molecular complexity index is 615. The third kappa shape index (κ3) is 3.98. The van der Waals surface area contributed by atoms with E-state index in [9.17, 15) is 9.90 Å². The number of aromatic hydroxyl groups is 1. The Hall–Kier alpha value is -1.03. The first-order chi connectivity index (χ1) is 9.45. The lowest BCUT2D eigenvalue weighted by Gasteiger charge is -2.11. The molecule has 20 heavy (non-hydrogen) atoms. The lowest BCUT2D eigenvalue weighted by molar-refractivity contribution is -0.136. The van der Waals surface area contributed by atoms with Gasteiger partial charge in [0.2, 0.25) is 0 Å². The fourth-order valence-corrected chi connectivity index (χ4v) is 3.74.